The van der Waals surface area contributed by atoms with Gasteiger partial charge in [0.2, 0.25) is 5.91 Å². The molecule has 0 aliphatic rings. The summed E-state index contributed by atoms with van der Waals surface area (Å²) in [6.07, 6.45) is 0. The number of aliphatic carboxylic acids is 1. The van der Waals surface area contributed by atoms with Crippen molar-refractivity contribution >= 4 is 11.9 Å². The molecule has 1 unspecified atom stereocenters. The minimum absolute atomic E-state index is 0.331. The number of carboxylic acid groups (broad SMARTS) is 1. The fourth-order valence-corrected chi connectivity index (χ4v) is 1.48. The maximum atomic E-state index is 11.7. The summed E-state index contributed by atoms with van der Waals surface area (Å²) in [7, 11) is 1.57. The third kappa shape index (κ3) is 4.62. The number of likely N-dealkylation sites (N-methyl/N-ethyl adjacent to an activating group) is 1. The molecule has 104 valence electrons. The molecular weight excluding hydrogens is 246 g/mol. The second-order valence-corrected chi connectivity index (χ2v) is 4.48. The van der Waals surface area contributed by atoms with Crippen molar-refractivity contribution in [2.45, 2.75) is 13.8 Å². The maximum absolute atomic E-state index is 11.7. The van der Waals surface area contributed by atoms with Crippen molar-refractivity contribution in [1.29, 1.82) is 0 Å². The standard InChI is InChI=1S/C14H19NO4/c1-10-4-6-12(7-5-10)19-9-8-15(3)13(16)11(2)14(17)18/h4-7,11H,8-9H2,1-3H3,(H,17,18). The molecule has 1 amide bonds. The van der Waals surface area contributed by atoms with E-state index in [0.29, 0.717) is 13.2 Å². The minimum atomic E-state index is -1.11. The number of amides is 1. The average Bonchev–Trinajstić information content (AvgIpc) is 2.39. The average molecular weight is 265 g/mol. The number of carbonyl (C=O) groups excluding carboxylic acids is 1. The lowest BCUT2D eigenvalue weighted by Crippen LogP contribution is -2.37. The summed E-state index contributed by atoms with van der Waals surface area (Å²) in [5, 5.41) is 8.75. The zero-order chi connectivity index (χ0) is 14.4. The number of aryl methyl sites for hydroxylation is 1. The molecule has 5 nitrogen and oxygen atoms in total. The predicted molar refractivity (Wildman–Crippen MR) is 71.1 cm³/mol. The number of ether oxygens (including phenoxy) is 1. The first kappa shape index (κ1) is 15.0. The van der Waals surface area contributed by atoms with E-state index in [-0.39, 0.29) is 0 Å². The zero-order valence-electron chi connectivity index (χ0n) is 11.4. The van der Waals surface area contributed by atoms with Crippen LogP contribution in [0.2, 0.25) is 0 Å². The molecule has 5 heteroatoms. The van der Waals surface area contributed by atoms with E-state index >= 15 is 0 Å². The SMILES string of the molecule is Cc1ccc(OCCN(C)C(=O)C(C)C(=O)O)cc1. The van der Waals surface area contributed by atoms with Gasteiger partial charge >= 0.3 is 5.97 Å². The molecule has 0 fully saturated rings. The number of benzene rings is 1. The van der Waals surface area contributed by atoms with Gasteiger partial charge in [0.1, 0.15) is 18.3 Å². The second kappa shape index (κ2) is 6.78. The molecule has 0 heterocycles. The quantitative estimate of drug-likeness (QED) is 0.792. The third-order valence-electron chi connectivity index (χ3n) is 2.83. The Bertz CT molecular complexity index is 441. The summed E-state index contributed by atoms with van der Waals surface area (Å²) in [6.45, 7) is 4.05. The molecule has 0 saturated carbocycles. The lowest BCUT2D eigenvalue weighted by Gasteiger charge is -2.19. The molecule has 1 aromatic carbocycles. The van der Waals surface area contributed by atoms with E-state index in [2.05, 4.69) is 0 Å². The van der Waals surface area contributed by atoms with Crippen LogP contribution in [0.15, 0.2) is 24.3 Å². The molecular formula is C14H19NO4. The van der Waals surface area contributed by atoms with E-state index < -0.39 is 17.8 Å². The van der Waals surface area contributed by atoms with Crippen molar-refractivity contribution in [3.05, 3.63) is 29.8 Å². The van der Waals surface area contributed by atoms with E-state index in [0.717, 1.165) is 11.3 Å². The first-order chi connectivity index (χ1) is 8.91. The van der Waals surface area contributed by atoms with Crippen molar-refractivity contribution in [3.8, 4) is 5.75 Å². The Morgan fingerprint density at radius 1 is 1.32 bits per heavy atom. The van der Waals surface area contributed by atoms with E-state index in [1.807, 2.05) is 31.2 Å². The van der Waals surface area contributed by atoms with Gasteiger partial charge in [-0.15, -0.1) is 0 Å². The van der Waals surface area contributed by atoms with Crippen LogP contribution in [-0.2, 0) is 9.59 Å². The highest BCUT2D eigenvalue weighted by molar-refractivity contribution is 5.96. The molecule has 0 aliphatic carbocycles. The number of carbonyl (C=O) groups is 2. The van der Waals surface area contributed by atoms with Gasteiger partial charge in [-0.2, -0.15) is 0 Å². The fourth-order valence-electron chi connectivity index (χ4n) is 1.48. The molecule has 0 radical (unpaired) electrons. The normalized spacial score (nSPS) is 11.7. The van der Waals surface area contributed by atoms with Crippen LogP contribution in [0.25, 0.3) is 0 Å². The van der Waals surface area contributed by atoms with Gasteiger partial charge in [0.05, 0.1) is 6.54 Å². The van der Waals surface area contributed by atoms with Gasteiger partial charge in [0, 0.05) is 7.05 Å². The number of nitrogens with zero attached hydrogens (tertiary/aromatic N) is 1. The summed E-state index contributed by atoms with van der Waals surface area (Å²) < 4.78 is 5.48. The van der Waals surface area contributed by atoms with Crippen molar-refractivity contribution in [1.82, 2.24) is 4.90 Å². The van der Waals surface area contributed by atoms with Gasteiger partial charge < -0.3 is 14.7 Å². The Hall–Kier alpha value is -2.04. The molecule has 1 N–H and O–H groups in total. The largest absolute Gasteiger partial charge is 0.492 e. The fraction of sp³-hybridized carbons (Fsp3) is 0.429. The summed E-state index contributed by atoms with van der Waals surface area (Å²) in [5.74, 6) is -1.82. The third-order valence-corrected chi connectivity index (χ3v) is 2.83. The number of hydrogen-bond acceptors (Lipinski definition) is 3. The Morgan fingerprint density at radius 3 is 2.42 bits per heavy atom. The Labute approximate surface area is 112 Å². The molecule has 0 spiro atoms. The molecule has 1 aromatic rings. The van der Waals surface area contributed by atoms with Gasteiger partial charge in [-0.05, 0) is 26.0 Å². The lowest BCUT2D eigenvalue weighted by atomic mass is 10.1. The molecule has 0 saturated heterocycles. The van der Waals surface area contributed by atoms with Crippen molar-refractivity contribution in [3.63, 3.8) is 0 Å². The molecule has 19 heavy (non-hydrogen) atoms. The van der Waals surface area contributed by atoms with Crippen LogP contribution in [0.1, 0.15) is 12.5 Å². The topological polar surface area (TPSA) is 66.8 Å². The van der Waals surface area contributed by atoms with Crippen LogP contribution in [0.3, 0.4) is 0 Å². The predicted octanol–water partition coefficient (Wildman–Crippen LogP) is 1.55. The highest BCUT2D eigenvalue weighted by Gasteiger charge is 2.23. The monoisotopic (exact) mass is 265 g/mol. The minimum Gasteiger partial charge on any atom is -0.492 e. The second-order valence-electron chi connectivity index (χ2n) is 4.48. The number of rotatable bonds is 6. The molecule has 1 rings (SSSR count). The van der Waals surface area contributed by atoms with Crippen molar-refractivity contribution in [2.75, 3.05) is 20.2 Å². The number of hydrogen-bond donors (Lipinski definition) is 1. The summed E-state index contributed by atoms with van der Waals surface area (Å²) in [4.78, 5) is 23.7. The van der Waals surface area contributed by atoms with E-state index in [9.17, 15) is 9.59 Å². The molecule has 0 aromatic heterocycles. The Kier molecular flexibility index (Phi) is 5.36. The summed E-state index contributed by atoms with van der Waals surface area (Å²) in [6, 6.07) is 7.60. The van der Waals surface area contributed by atoms with Crippen LogP contribution < -0.4 is 4.74 Å². The maximum Gasteiger partial charge on any atom is 0.315 e. The Morgan fingerprint density at radius 2 is 1.89 bits per heavy atom. The van der Waals surface area contributed by atoms with Crippen LogP contribution in [-0.4, -0.2) is 42.1 Å². The first-order valence-corrected chi connectivity index (χ1v) is 6.09. The van der Waals surface area contributed by atoms with E-state index in [4.69, 9.17) is 9.84 Å². The van der Waals surface area contributed by atoms with Crippen LogP contribution in [0, 0.1) is 12.8 Å². The van der Waals surface area contributed by atoms with Gasteiger partial charge in [0.25, 0.3) is 0 Å². The van der Waals surface area contributed by atoms with E-state index in [1.54, 1.807) is 7.05 Å². The van der Waals surface area contributed by atoms with Gasteiger partial charge in [-0.25, -0.2) is 0 Å². The van der Waals surface area contributed by atoms with Gasteiger partial charge in [-0.3, -0.25) is 9.59 Å². The van der Waals surface area contributed by atoms with Crippen molar-refractivity contribution < 1.29 is 19.4 Å². The summed E-state index contributed by atoms with van der Waals surface area (Å²) in [5.41, 5.74) is 1.15. The van der Waals surface area contributed by atoms with Gasteiger partial charge in [0.15, 0.2) is 0 Å². The van der Waals surface area contributed by atoms with E-state index in [1.165, 1.54) is 11.8 Å². The highest BCUT2D eigenvalue weighted by Crippen LogP contribution is 2.11. The zero-order valence-corrected chi connectivity index (χ0v) is 11.4. The summed E-state index contributed by atoms with van der Waals surface area (Å²) >= 11 is 0. The highest BCUT2D eigenvalue weighted by atomic mass is 16.5. The van der Waals surface area contributed by atoms with Crippen LogP contribution in [0.4, 0.5) is 0 Å². The van der Waals surface area contributed by atoms with Crippen molar-refractivity contribution in [2.24, 2.45) is 5.92 Å². The lowest BCUT2D eigenvalue weighted by molar-refractivity contribution is -0.149. The molecule has 0 bridgehead atoms. The first-order valence-electron chi connectivity index (χ1n) is 6.09. The van der Waals surface area contributed by atoms with Crippen LogP contribution in [0.5, 0.6) is 5.75 Å². The number of carboxylic acids is 1. The smallest absolute Gasteiger partial charge is 0.315 e. The van der Waals surface area contributed by atoms with Gasteiger partial charge in [-0.1, -0.05) is 17.7 Å². The molecule has 1 atom stereocenters. The Balaban J connectivity index is 2.38. The van der Waals surface area contributed by atoms with Crippen LogP contribution >= 0.6 is 0 Å². The molecule has 0 aliphatic heterocycles.